The van der Waals surface area contributed by atoms with Gasteiger partial charge in [0.05, 0.1) is 25.3 Å². The van der Waals surface area contributed by atoms with Crippen molar-refractivity contribution >= 4 is 22.9 Å². The number of nitrogens with zero attached hydrogens (tertiary/aromatic N) is 2. The minimum Gasteiger partial charge on any atom is -0.493 e. The summed E-state index contributed by atoms with van der Waals surface area (Å²) in [6.45, 7) is 0. The van der Waals surface area contributed by atoms with Crippen LogP contribution in [-0.4, -0.2) is 40.8 Å². The van der Waals surface area contributed by atoms with Crippen molar-refractivity contribution in [3.63, 3.8) is 0 Å². The smallest absolute Gasteiger partial charge is 0.330 e. The van der Waals surface area contributed by atoms with Crippen molar-refractivity contribution in [2.45, 2.75) is 82.2 Å². The third-order valence-electron chi connectivity index (χ3n) is 8.15. The molecule has 202 valence electrons. The number of benzene rings is 2. The molecular formula is C30H37N3O5. The highest BCUT2D eigenvalue weighted by Crippen LogP contribution is 2.39. The summed E-state index contributed by atoms with van der Waals surface area (Å²) >= 11 is 0. The number of rotatable bonds is 8. The SMILES string of the molecule is COc1ccc(C(NC(=O)c2ccc3c(c2)nc(C2CCCCC2)n3C2CCCCC2)C(=O)O)cc1OC. The molecule has 2 aliphatic carbocycles. The molecule has 2 fully saturated rings. The highest BCUT2D eigenvalue weighted by Gasteiger charge is 2.28. The number of fused-ring (bicyclic) bond motifs is 1. The Morgan fingerprint density at radius 1 is 0.921 bits per heavy atom. The number of carbonyl (C=O) groups is 2. The summed E-state index contributed by atoms with van der Waals surface area (Å²) in [5, 5.41) is 12.6. The van der Waals surface area contributed by atoms with Crippen LogP contribution >= 0.6 is 0 Å². The molecule has 2 aliphatic rings. The lowest BCUT2D eigenvalue weighted by molar-refractivity contribution is -0.139. The number of ether oxygens (including phenoxy) is 2. The number of methoxy groups -OCH3 is 2. The van der Waals surface area contributed by atoms with E-state index in [-0.39, 0.29) is 0 Å². The first-order valence-electron chi connectivity index (χ1n) is 13.8. The number of carbonyl (C=O) groups excluding carboxylic acids is 1. The van der Waals surface area contributed by atoms with Crippen molar-refractivity contribution in [2.75, 3.05) is 14.2 Å². The summed E-state index contributed by atoms with van der Waals surface area (Å²) in [7, 11) is 3.00. The number of aliphatic carboxylic acids is 1. The topological polar surface area (TPSA) is 103 Å². The molecule has 1 aromatic heterocycles. The van der Waals surface area contributed by atoms with E-state index in [1.165, 1.54) is 65.6 Å². The summed E-state index contributed by atoms with van der Waals surface area (Å²) in [6, 6.07) is 9.62. The zero-order chi connectivity index (χ0) is 26.6. The Morgan fingerprint density at radius 2 is 1.61 bits per heavy atom. The molecular weight excluding hydrogens is 482 g/mol. The van der Waals surface area contributed by atoms with E-state index >= 15 is 0 Å². The first kappa shape index (κ1) is 26.1. The van der Waals surface area contributed by atoms with E-state index in [1.807, 2.05) is 12.1 Å². The summed E-state index contributed by atoms with van der Waals surface area (Å²) < 4.78 is 13.0. The third kappa shape index (κ3) is 5.22. The summed E-state index contributed by atoms with van der Waals surface area (Å²) in [5.41, 5.74) is 2.67. The standard InChI is InChI=1S/C30H37N3O5/c1-37-25-16-14-20(18-26(25)38-2)27(30(35)36)32-29(34)21-13-15-24-23(17-21)31-28(19-9-5-3-6-10-19)33(24)22-11-7-4-8-12-22/h13-19,22,27H,3-12H2,1-2H3,(H,32,34)(H,35,36). The van der Waals surface area contributed by atoms with Gasteiger partial charge in [0.1, 0.15) is 5.82 Å². The molecule has 8 heteroatoms. The summed E-state index contributed by atoms with van der Waals surface area (Å²) in [5.74, 6) is 0.887. The van der Waals surface area contributed by atoms with Crippen molar-refractivity contribution in [3.8, 4) is 11.5 Å². The lowest BCUT2D eigenvalue weighted by Gasteiger charge is -2.29. The average Bonchev–Trinajstić information content (AvgIpc) is 3.35. The van der Waals surface area contributed by atoms with Gasteiger partial charge in [0, 0.05) is 17.5 Å². The molecule has 3 aromatic rings. The highest BCUT2D eigenvalue weighted by molar-refractivity contribution is 5.99. The quantitative estimate of drug-likeness (QED) is 0.369. The second kappa shape index (κ2) is 11.5. The molecule has 1 heterocycles. The zero-order valence-corrected chi connectivity index (χ0v) is 22.2. The summed E-state index contributed by atoms with van der Waals surface area (Å²) in [6.07, 6.45) is 12.2. The molecule has 2 saturated carbocycles. The van der Waals surface area contributed by atoms with Crippen LogP contribution < -0.4 is 14.8 Å². The molecule has 2 N–H and O–H groups in total. The fourth-order valence-corrected chi connectivity index (χ4v) is 6.16. The second-order valence-electron chi connectivity index (χ2n) is 10.5. The fraction of sp³-hybridized carbons (Fsp3) is 0.500. The van der Waals surface area contributed by atoms with Crippen LogP contribution in [0.1, 0.15) is 104 Å². The first-order chi connectivity index (χ1) is 18.5. The molecule has 1 unspecified atom stereocenters. The van der Waals surface area contributed by atoms with Gasteiger partial charge in [0.25, 0.3) is 5.91 Å². The van der Waals surface area contributed by atoms with E-state index in [2.05, 4.69) is 9.88 Å². The number of carboxylic acids is 1. The third-order valence-corrected chi connectivity index (χ3v) is 8.15. The van der Waals surface area contributed by atoms with Crippen molar-refractivity contribution < 1.29 is 24.2 Å². The lowest BCUT2D eigenvalue weighted by Crippen LogP contribution is -2.33. The van der Waals surface area contributed by atoms with Crippen LogP contribution in [-0.2, 0) is 4.79 Å². The maximum absolute atomic E-state index is 13.3. The van der Waals surface area contributed by atoms with Gasteiger partial charge in [0.2, 0.25) is 0 Å². The van der Waals surface area contributed by atoms with E-state index in [0.29, 0.717) is 34.6 Å². The molecule has 0 spiro atoms. The van der Waals surface area contributed by atoms with Gasteiger partial charge < -0.3 is 24.5 Å². The van der Waals surface area contributed by atoms with E-state index in [9.17, 15) is 14.7 Å². The van der Waals surface area contributed by atoms with Crippen LogP contribution in [0.3, 0.4) is 0 Å². The second-order valence-corrected chi connectivity index (χ2v) is 10.5. The molecule has 2 aromatic carbocycles. The van der Waals surface area contributed by atoms with Crippen molar-refractivity contribution in [2.24, 2.45) is 0 Å². The van der Waals surface area contributed by atoms with Crippen LogP contribution in [0.5, 0.6) is 11.5 Å². The number of imidazole rings is 1. The molecule has 0 aliphatic heterocycles. The molecule has 1 amide bonds. The van der Waals surface area contributed by atoms with Gasteiger partial charge in [-0.05, 0) is 61.6 Å². The number of carboxylic acid groups (broad SMARTS) is 1. The molecule has 0 bridgehead atoms. The van der Waals surface area contributed by atoms with Crippen molar-refractivity contribution in [1.82, 2.24) is 14.9 Å². The van der Waals surface area contributed by atoms with Gasteiger partial charge in [-0.25, -0.2) is 9.78 Å². The Balaban J connectivity index is 1.45. The molecule has 5 rings (SSSR count). The van der Waals surface area contributed by atoms with Gasteiger partial charge in [0.15, 0.2) is 17.5 Å². The van der Waals surface area contributed by atoms with E-state index < -0.39 is 17.9 Å². The normalized spacial score (nSPS) is 17.7. The minimum absolute atomic E-state index is 0.394. The van der Waals surface area contributed by atoms with Gasteiger partial charge in [-0.1, -0.05) is 44.6 Å². The highest BCUT2D eigenvalue weighted by atomic mass is 16.5. The Labute approximate surface area is 223 Å². The van der Waals surface area contributed by atoms with Gasteiger partial charge in [-0.3, -0.25) is 4.79 Å². The maximum Gasteiger partial charge on any atom is 0.330 e. The van der Waals surface area contributed by atoms with Crippen LogP contribution in [0.15, 0.2) is 36.4 Å². The van der Waals surface area contributed by atoms with Crippen LogP contribution in [0, 0.1) is 0 Å². The van der Waals surface area contributed by atoms with Gasteiger partial charge in [-0.2, -0.15) is 0 Å². The Kier molecular flexibility index (Phi) is 7.86. The predicted molar refractivity (Wildman–Crippen MR) is 145 cm³/mol. The average molecular weight is 520 g/mol. The number of nitrogens with one attached hydrogen (secondary N) is 1. The fourth-order valence-electron chi connectivity index (χ4n) is 6.16. The largest absolute Gasteiger partial charge is 0.493 e. The van der Waals surface area contributed by atoms with Crippen LogP contribution in [0.2, 0.25) is 0 Å². The van der Waals surface area contributed by atoms with E-state index in [0.717, 1.165) is 29.7 Å². The lowest BCUT2D eigenvalue weighted by atomic mass is 9.88. The maximum atomic E-state index is 13.3. The van der Waals surface area contributed by atoms with Gasteiger partial charge in [-0.15, -0.1) is 0 Å². The van der Waals surface area contributed by atoms with E-state index in [4.69, 9.17) is 14.5 Å². The Morgan fingerprint density at radius 3 is 2.26 bits per heavy atom. The van der Waals surface area contributed by atoms with Crippen LogP contribution in [0.4, 0.5) is 0 Å². The number of aromatic nitrogens is 2. The number of hydrogen-bond acceptors (Lipinski definition) is 5. The first-order valence-corrected chi connectivity index (χ1v) is 13.8. The summed E-state index contributed by atoms with van der Waals surface area (Å²) in [4.78, 5) is 30.5. The Bertz CT molecular complexity index is 1300. The molecule has 1 atom stereocenters. The molecule has 8 nitrogen and oxygen atoms in total. The van der Waals surface area contributed by atoms with Crippen molar-refractivity contribution in [3.05, 3.63) is 53.3 Å². The zero-order valence-electron chi connectivity index (χ0n) is 22.2. The van der Waals surface area contributed by atoms with Crippen molar-refractivity contribution in [1.29, 1.82) is 0 Å². The molecule has 38 heavy (non-hydrogen) atoms. The molecule has 0 saturated heterocycles. The van der Waals surface area contributed by atoms with Crippen LogP contribution in [0.25, 0.3) is 11.0 Å². The minimum atomic E-state index is -1.24. The van der Waals surface area contributed by atoms with E-state index in [1.54, 1.807) is 24.3 Å². The number of hydrogen-bond donors (Lipinski definition) is 2. The Hall–Kier alpha value is -3.55. The molecule has 0 radical (unpaired) electrons. The number of amides is 1. The van der Waals surface area contributed by atoms with Gasteiger partial charge >= 0.3 is 5.97 Å². The monoisotopic (exact) mass is 519 g/mol. The predicted octanol–water partition coefficient (Wildman–Crippen LogP) is 6.16.